The van der Waals surface area contributed by atoms with Gasteiger partial charge in [-0.25, -0.2) is 17.5 Å². The summed E-state index contributed by atoms with van der Waals surface area (Å²) in [4.78, 5) is 14.9. The van der Waals surface area contributed by atoms with Gasteiger partial charge in [-0.15, -0.1) is 0 Å². The van der Waals surface area contributed by atoms with Gasteiger partial charge in [0.1, 0.15) is 5.82 Å². The van der Waals surface area contributed by atoms with Crippen molar-refractivity contribution in [3.8, 4) is 0 Å². The summed E-state index contributed by atoms with van der Waals surface area (Å²) >= 11 is 0. The van der Waals surface area contributed by atoms with Crippen LogP contribution in [0.1, 0.15) is 25.3 Å². The van der Waals surface area contributed by atoms with Crippen molar-refractivity contribution in [3.05, 3.63) is 59.9 Å². The number of hydrogen-bond donors (Lipinski definition) is 2. The van der Waals surface area contributed by atoms with Gasteiger partial charge in [-0.1, -0.05) is 23.8 Å². The SMILES string of the molecule is Cc1ccc(S(=O)(=O)NCC2CCCN(C(C)C(=O)Nc3cccc(F)c3)C2)cc1. The second-order valence-electron chi connectivity index (χ2n) is 7.84. The predicted molar refractivity (Wildman–Crippen MR) is 115 cm³/mol. The van der Waals surface area contributed by atoms with Gasteiger partial charge in [0.05, 0.1) is 10.9 Å². The van der Waals surface area contributed by atoms with E-state index < -0.39 is 21.9 Å². The maximum absolute atomic E-state index is 13.3. The van der Waals surface area contributed by atoms with Crippen LogP contribution >= 0.6 is 0 Å². The summed E-state index contributed by atoms with van der Waals surface area (Å²) in [6.07, 6.45) is 1.78. The molecule has 1 aliphatic heterocycles. The molecule has 1 aliphatic rings. The summed E-state index contributed by atoms with van der Waals surface area (Å²) in [7, 11) is -3.56. The number of sulfonamides is 1. The maximum atomic E-state index is 13.3. The zero-order valence-corrected chi connectivity index (χ0v) is 18.1. The fourth-order valence-electron chi connectivity index (χ4n) is 3.62. The summed E-state index contributed by atoms with van der Waals surface area (Å²) in [6, 6.07) is 12.2. The Balaban J connectivity index is 1.55. The number of benzene rings is 2. The molecule has 1 heterocycles. The molecule has 0 bridgehead atoms. The van der Waals surface area contributed by atoms with E-state index in [2.05, 4.69) is 10.0 Å². The molecule has 2 N–H and O–H groups in total. The van der Waals surface area contributed by atoms with Gasteiger partial charge in [0.15, 0.2) is 0 Å². The molecule has 1 saturated heterocycles. The average Bonchev–Trinajstić information content (AvgIpc) is 2.72. The summed E-state index contributed by atoms with van der Waals surface area (Å²) in [5.74, 6) is -0.496. The highest BCUT2D eigenvalue weighted by atomic mass is 32.2. The Labute approximate surface area is 177 Å². The zero-order valence-electron chi connectivity index (χ0n) is 17.3. The number of rotatable bonds is 7. The first kappa shape index (κ1) is 22.4. The van der Waals surface area contributed by atoms with Crippen molar-refractivity contribution in [1.29, 1.82) is 0 Å². The number of piperidine rings is 1. The van der Waals surface area contributed by atoms with Crippen LogP contribution in [0.25, 0.3) is 0 Å². The van der Waals surface area contributed by atoms with E-state index in [1.807, 2.05) is 18.7 Å². The number of halogens is 1. The second kappa shape index (κ2) is 9.68. The molecule has 1 amide bonds. The Hall–Kier alpha value is -2.29. The lowest BCUT2D eigenvalue weighted by Crippen LogP contribution is -2.48. The number of amides is 1. The molecular formula is C22H28FN3O3S. The number of likely N-dealkylation sites (tertiary alicyclic amines) is 1. The van der Waals surface area contributed by atoms with Gasteiger partial charge in [0.2, 0.25) is 15.9 Å². The highest BCUT2D eigenvalue weighted by Gasteiger charge is 2.28. The third kappa shape index (κ3) is 5.87. The van der Waals surface area contributed by atoms with E-state index in [9.17, 15) is 17.6 Å². The number of nitrogens with one attached hydrogen (secondary N) is 2. The number of aryl methyl sites for hydroxylation is 1. The van der Waals surface area contributed by atoms with Crippen LogP contribution < -0.4 is 10.0 Å². The van der Waals surface area contributed by atoms with Crippen LogP contribution in [-0.4, -0.2) is 44.9 Å². The third-order valence-electron chi connectivity index (χ3n) is 5.46. The molecule has 2 aromatic rings. The summed E-state index contributed by atoms with van der Waals surface area (Å²) < 4.78 is 41.1. The molecule has 0 saturated carbocycles. The first-order valence-corrected chi connectivity index (χ1v) is 11.6. The molecule has 162 valence electrons. The van der Waals surface area contributed by atoms with Crippen molar-refractivity contribution in [3.63, 3.8) is 0 Å². The highest BCUT2D eigenvalue weighted by Crippen LogP contribution is 2.20. The standard InChI is InChI=1S/C22H28FN3O3S/c1-16-8-10-21(11-9-16)30(28,29)24-14-18-5-4-12-26(15-18)17(2)22(27)25-20-7-3-6-19(23)13-20/h3,6-11,13,17-18,24H,4-5,12,14-15H2,1-2H3,(H,25,27). The lowest BCUT2D eigenvalue weighted by atomic mass is 9.97. The number of hydrogen-bond acceptors (Lipinski definition) is 4. The van der Waals surface area contributed by atoms with Crippen LogP contribution in [0.4, 0.5) is 10.1 Å². The van der Waals surface area contributed by atoms with Gasteiger partial charge in [-0.05, 0) is 69.5 Å². The Bertz CT molecular complexity index is 979. The van der Waals surface area contributed by atoms with Crippen molar-refractivity contribution in [2.24, 2.45) is 5.92 Å². The minimum atomic E-state index is -3.56. The van der Waals surface area contributed by atoms with Crippen molar-refractivity contribution in [2.75, 3.05) is 25.0 Å². The van der Waals surface area contributed by atoms with E-state index in [1.54, 1.807) is 36.4 Å². The smallest absolute Gasteiger partial charge is 0.241 e. The van der Waals surface area contributed by atoms with Gasteiger partial charge >= 0.3 is 0 Å². The molecule has 3 rings (SSSR count). The Kier molecular flexibility index (Phi) is 7.23. The lowest BCUT2D eigenvalue weighted by molar-refractivity contribution is -0.121. The van der Waals surface area contributed by atoms with Gasteiger partial charge < -0.3 is 5.32 Å². The van der Waals surface area contributed by atoms with Crippen molar-refractivity contribution in [1.82, 2.24) is 9.62 Å². The monoisotopic (exact) mass is 433 g/mol. The number of anilines is 1. The highest BCUT2D eigenvalue weighted by molar-refractivity contribution is 7.89. The van der Waals surface area contributed by atoms with E-state index in [0.717, 1.165) is 24.9 Å². The summed E-state index contributed by atoms with van der Waals surface area (Å²) in [5.41, 5.74) is 1.42. The minimum absolute atomic E-state index is 0.114. The van der Waals surface area contributed by atoms with Crippen LogP contribution in [0.5, 0.6) is 0 Å². The van der Waals surface area contributed by atoms with Crippen LogP contribution in [0.3, 0.4) is 0 Å². The molecule has 8 heteroatoms. The normalized spacial score (nSPS) is 18.7. The third-order valence-corrected chi connectivity index (χ3v) is 6.90. The topological polar surface area (TPSA) is 78.5 Å². The van der Waals surface area contributed by atoms with Crippen LogP contribution in [0, 0.1) is 18.7 Å². The first-order valence-electron chi connectivity index (χ1n) is 10.1. The molecular weight excluding hydrogens is 405 g/mol. The molecule has 1 fully saturated rings. The molecule has 0 aliphatic carbocycles. The van der Waals surface area contributed by atoms with E-state index >= 15 is 0 Å². The largest absolute Gasteiger partial charge is 0.325 e. The molecule has 0 aromatic heterocycles. The van der Waals surface area contributed by atoms with E-state index in [4.69, 9.17) is 0 Å². The molecule has 0 radical (unpaired) electrons. The van der Waals surface area contributed by atoms with E-state index in [-0.39, 0.29) is 16.7 Å². The van der Waals surface area contributed by atoms with Crippen molar-refractivity contribution in [2.45, 2.75) is 37.6 Å². The fourth-order valence-corrected chi connectivity index (χ4v) is 4.74. The fraction of sp³-hybridized carbons (Fsp3) is 0.409. The number of carbonyl (C=O) groups excluding carboxylic acids is 1. The Morgan fingerprint density at radius 2 is 1.97 bits per heavy atom. The number of nitrogens with zero attached hydrogens (tertiary/aromatic N) is 1. The molecule has 6 nitrogen and oxygen atoms in total. The maximum Gasteiger partial charge on any atom is 0.241 e. The summed E-state index contributed by atoms with van der Waals surface area (Å²) in [5, 5.41) is 2.74. The molecule has 2 atom stereocenters. The van der Waals surface area contributed by atoms with Crippen molar-refractivity contribution < 1.29 is 17.6 Å². The zero-order chi connectivity index (χ0) is 21.7. The molecule has 30 heavy (non-hydrogen) atoms. The molecule has 0 spiro atoms. The van der Waals surface area contributed by atoms with Crippen LogP contribution in [-0.2, 0) is 14.8 Å². The molecule has 2 unspecified atom stereocenters. The Morgan fingerprint density at radius 3 is 2.67 bits per heavy atom. The Morgan fingerprint density at radius 1 is 1.23 bits per heavy atom. The van der Waals surface area contributed by atoms with Gasteiger partial charge in [-0.2, -0.15) is 0 Å². The van der Waals surface area contributed by atoms with Gasteiger partial charge in [0, 0.05) is 18.8 Å². The van der Waals surface area contributed by atoms with Crippen LogP contribution in [0.15, 0.2) is 53.4 Å². The first-order chi connectivity index (χ1) is 14.2. The predicted octanol–water partition coefficient (Wildman–Crippen LogP) is 3.15. The minimum Gasteiger partial charge on any atom is -0.325 e. The lowest BCUT2D eigenvalue weighted by Gasteiger charge is -2.36. The van der Waals surface area contributed by atoms with Gasteiger partial charge in [0.25, 0.3) is 0 Å². The van der Waals surface area contributed by atoms with E-state index in [1.165, 1.54) is 12.1 Å². The second-order valence-corrected chi connectivity index (χ2v) is 9.61. The summed E-state index contributed by atoms with van der Waals surface area (Å²) in [6.45, 7) is 5.43. The number of carbonyl (C=O) groups is 1. The van der Waals surface area contributed by atoms with Crippen molar-refractivity contribution >= 4 is 21.6 Å². The van der Waals surface area contributed by atoms with Gasteiger partial charge in [-0.3, -0.25) is 9.69 Å². The molecule has 2 aromatic carbocycles. The average molecular weight is 434 g/mol. The van der Waals surface area contributed by atoms with E-state index in [0.29, 0.717) is 18.8 Å². The van der Waals surface area contributed by atoms with Crippen LogP contribution in [0.2, 0.25) is 0 Å². The quantitative estimate of drug-likeness (QED) is 0.703.